The van der Waals surface area contributed by atoms with Gasteiger partial charge in [-0.05, 0) is 0 Å². The number of rotatable bonds is 1. The molecule has 0 fully saturated rings. The first-order chi connectivity index (χ1) is 5.88. The number of nitrogens with zero attached hydrogens (tertiary/aromatic N) is 1. The van der Waals surface area contributed by atoms with Crippen molar-refractivity contribution < 1.29 is 9.53 Å². The molecule has 0 bridgehead atoms. The zero-order valence-electron chi connectivity index (χ0n) is 6.31. The molecule has 0 radical (unpaired) electrons. The number of benzene rings is 1. The summed E-state index contributed by atoms with van der Waals surface area (Å²) in [6.07, 6.45) is 0.672. The maximum Gasteiger partial charge on any atom is 0.294 e. The van der Waals surface area contributed by atoms with Gasteiger partial charge in [0, 0.05) is 5.56 Å². The molecule has 1 aliphatic heterocycles. The highest BCUT2D eigenvalue weighted by Gasteiger charge is 2.24. The van der Waals surface area contributed by atoms with Gasteiger partial charge in [-0.3, -0.25) is 4.79 Å². The summed E-state index contributed by atoms with van der Waals surface area (Å²) in [7, 11) is 0. The van der Waals surface area contributed by atoms with Gasteiger partial charge in [0.1, 0.15) is 0 Å². The smallest absolute Gasteiger partial charge is 0.294 e. The minimum absolute atomic E-state index is 0.235. The Hall–Kier alpha value is -1.64. The molecule has 0 N–H and O–H groups in total. The van der Waals surface area contributed by atoms with Gasteiger partial charge in [0.2, 0.25) is 6.10 Å². The Labute approximate surface area is 69.7 Å². The van der Waals surface area contributed by atoms with Crippen molar-refractivity contribution in [3.63, 3.8) is 0 Å². The molecule has 1 aliphatic rings. The van der Waals surface area contributed by atoms with Gasteiger partial charge >= 0.3 is 0 Å². The summed E-state index contributed by atoms with van der Waals surface area (Å²) in [5.41, 5.74) is 0.847. The lowest BCUT2D eigenvalue weighted by Crippen LogP contribution is -2.05. The number of aliphatic imine (C=N–C) groups is 1. The number of carbonyl (C=O) groups excluding carboxylic acids is 1. The molecule has 1 aromatic carbocycles. The first kappa shape index (κ1) is 7.03. The molecule has 60 valence electrons. The summed E-state index contributed by atoms with van der Waals surface area (Å²) in [6.45, 7) is 0. The van der Waals surface area contributed by atoms with Crippen LogP contribution in [-0.2, 0) is 9.53 Å². The fourth-order valence-electron chi connectivity index (χ4n) is 1.12. The van der Waals surface area contributed by atoms with E-state index in [-0.39, 0.29) is 5.91 Å². The summed E-state index contributed by atoms with van der Waals surface area (Å²) in [4.78, 5) is 14.6. The molecule has 1 atom stereocenters. The highest BCUT2D eigenvalue weighted by atomic mass is 16.5. The lowest BCUT2D eigenvalue weighted by molar-refractivity contribution is -0.122. The third-order valence-electron chi connectivity index (χ3n) is 1.70. The summed E-state index contributed by atoms with van der Waals surface area (Å²) < 4.78 is 5.01. The molecule has 1 aromatic rings. The van der Waals surface area contributed by atoms with Crippen LogP contribution in [0.15, 0.2) is 35.3 Å². The second-order valence-corrected chi connectivity index (χ2v) is 2.50. The first-order valence-corrected chi connectivity index (χ1v) is 3.65. The van der Waals surface area contributed by atoms with E-state index in [4.69, 9.17) is 4.74 Å². The molecule has 3 nitrogen and oxygen atoms in total. The van der Waals surface area contributed by atoms with Crippen molar-refractivity contribution in [3.05, 3.63) is 35.9 Å². The molecule has 0 unspecified atom stereocenters. The van der Waals surface area contributed by atoms with Crippen LogP contribution in [0.2, 0.25) is 0 Å². The largest absolute Gasteiger partial charge is 0.465 e. The van der Waals surface area contributed by atoms with Gasteiger partial charge in [-0.15, -0.1) is 0 Å². The lowest BCUT2D eigenvalue weighted by atomic mass is 10.1. The first-order valence-electron chi connectivity index (χ1n) is 3.65. The van der Waals surface area contributed by atoms with E-state index in [1.807, 2.05) is 30.3 Å². The van der Waals surface area contributed by atoms with Crippen LogP contribution in [-0.4, -0.2) is 12.3 Å². The molecular formula is C9H7NO2. The Morgan fingerprint density at radius 3 is 2.58 bits per heavy atom. The van der Waals surface area contributed by atoms with Gasteiger partial charge in [-0.1, -0.05) is 30.3 Å². The Morgan fingerprint density at radius 1 is 1.25 bits per heavy atom. The minimum Gasteiger partial charge on any atom is -0.465 e. The quantitative estimate of drug-likeness (QED) is 0.622. The average Bonchev–Trinajstić information content (AvgIpc) is 2.53. The monoisotopic (exact) mass is 161 g/mol. The van der Waals surface area contributed by atoms with Crippen LogP contribution >= 0.6 is 0 Å². The lowest BCUT2D eigenvalue weighted by Gasteiger charge is -2.05. The van der Waals surface area contributed by atoms with E-state index in [0.717, 1.165) is 5.56 Å². The van der Waals surface area contributed by atoms with Crippen molar-refractivity contribution in [1.29, 1.82) is 0 Å². The molecule has 12 heavy (non-hydrogen) atoms. The van der Waals surface area contributed by atoms with Crippen LogP contribution in [0.5, 0.6) is 0 Å². The third-order valence-corrected chi connectivity index (χ3v) is 1.70. The van der Waals surface area contributed by atoms with E-state index in [9.17, 15) is 4.79 Å². The van der Waals surface area contributed by atoms with E-state index in [1.54, 1.807) is 0 Å². The van der Waals surface area contributed by atoms with Gasteiger partial charge in [-0.25, -0.2) is 0 Å². The second-order valence-electron chi connectivity index (χ2n) is 2.50. The average molecular weight is 161 g/mol. The van der Waals surface area contributed by atoms with Gasteiger partial charge in [0.15, 0.2) is 6.40 Å². The number of hydrogen-bond acceptors (Lipinski definition) is 2. The van der Waals surface area contributed by atoms with Crippen LogP contribution in [0.3, 0.4) is 0 Å². The van der Waals surface area contributed by atoms with E-state index in [2.05, 4.69) is 4.99 Å². The van der Waals surface area contributed by atoms with Gasteiger partial charge in [-0.2, -0.15) is 4.99 Å². The molecule has 3 heteroatoms. The summed E-state index contributed by atoms with van der Waals surface area (Å²) in [5, 5.41) is 0. The zero-order valence-corrected chi connectivity index (χ0v) is 6.31. The molecule has 0 saturated heterocycles. The molecular weight excluding hydrogens is 154 g/mol. The molecule has 0 aromatic heterocycles. The standard InChI is InChI=1S/C9H7NO2/c11-9-8(12-6-10-9)7-4-2-1-3-5-7/h1-6,8H/t8-/m1/s1. The predicted molar refractivity (Wildman–Crippen MR) is 43.8 cm³/mol. The molecule has 0 saturated carbocycles. The number of ether oxygens (including phenoxy) is 1. The molecule has 1 heterocycles. The van der Waals surface area contributed by atoms with Crippen LogP contribution < -0.4 is 0 Å². The fraction of sp³-hybridized carbons (Fsp3) is 0.111. The van der Waals surface area contributed by atoms with Crippen molar-refractivity contribution in [1.82, 2.24) is 0 Å². The highest BCUT2D eigenvalue weighted by Crippen LogP contribution is 2.20. The Morgan fingerprint density at radius 2 is 2.00 bits per heavy atom. The van der Waals surface area contributed by atoms with E-state index in [0.29, 0.717) is 0 Å². The van der Waals surface area contributed by atoms with Crippen LogP contribution in [0.25, 0.3) is 0 Å². The predicted octanol–water partition coefficient (Wildman–Crippen LogP) is 1.31. The third kappa shape index (κ3) is 1.09. The van der Waals surface area contributed by atoms with E-state index < -0.39 is 6.10 Å². The van der Waals surface area contributed by atoms with Gasteiger partial charge < -0.3 is 4.74 Å². The van der Waals surface area contributed by atoms with E-state index >= 15 is 0 Å². The van der Waals surface area contributed by atoms with Crippen LogP contribution in [0.1, 0.15) is 11.7 Å². The molecule has 0 spiro atoms. The SMILES string of the molecule is O=C1N=CO[C@@H]1c1ccccc1. The Kier molecular flexibility index (Phi) is 1.63. The minimum atomic E-state index is -0.522. The maximum absolute atomic E-state index is 11.1. The molecule has 0 aliphatic carbocycles. The van der Waals surface area contributed by atoms with Crippen molar-refractivity contribution >= 4 is 12.3 Å². The van der Waals surface area contributed by atoms with Crippen molar-refractivity contribution in [2.45, 2.75) is 6.10 Å². The van der Waals surface area contributed by atoms with Crippen LogP contribution in [0.4, 0.5) is 0 Å². The van der Waals surface area contributed by atoms with Gasteiger partial charge in [0.25, 0.3) is 5.91 Å². The second kappa shape index (κ2) is 2.77. The number of carbonyl (C=O) groups is 1. The van der Waals surface area contributed by atoms with Crippen molar-refractivity contribution in [2.75, 3.05) is 0 Å². The summed E-state index contributed by atoms with van der Waals surface area (Å²) in [6, 6.07) is 9.31. The number of amides is 1. The molecule has 1 amide bonds. The summed E-state index contributed by atoms with van der Waals surface area (Å²) in [5.74, 6) is -0.235. The zero-order chi connectivity index (χ0) is 8.39. The Bertz CT molecular complexity index is 319. The normalized spacial score (nSPS) is 21.0. The maximum atomic E-state index is 11.1. The number of hydrogen-bond donors (Lipinski definition) is 0. The topological polar surface area (TPSA) is 38.7 Å². The van der Waals surface area contributed by atoms with Crippen LogP contribution in [0, 0.1) is 0 Å². The fourth-order valence-corrected chi connectivity index (χ4v) is 1.12. The molecule has 2 rings (SSSR count). The van der Waals surface area contributed by atoms with Crippen molar-refractivity contribution in [2.24, 2.45) is 4.99 Å². The van der Waals surface area contributed by atoms with Crippen molar-refractivity contribution in [3.8, 4) is 0 Å². The highest BCUT2D eigenvalue weighted by molar-refractivity contribution is 5.92. The van der Waals surface area contributed by atoms with Gasteiger partial charge in [0.05, 0.1) is 0 Å². The van der Waals surface area contributed by atoms with E-state index in [1.165, 1.54) is 6.40 Å². The summed E-state index contributed by atoms with van der Waals surface area (Å²) >= 11 is 0. The Balaban J connectivity index is 2.27.